The van der Waals surface area contributed by atoms with E-state index in [0.29, 0.717) is 12.8 Å². The standard InChI is InChI=1S/C22H27F5O2/c1-12-10-13-11-14(28)4-7-18(13,2)15-5-8-19(3)16(17(12)15)6-9-20(19,29)21(23,24)22(25,26)27/h4,7,11-12,15-17,29H,5-6,8-10H2,1-3H3/t12?,15-,16-,17+,18-,19-,20?/m0/s1. The number of aliphatic hydroxyl groups is 1. The Bertz CT molecular complexity index is 800. The number of fused-ring (bicyclic) bond motifs is 5. The summed E-state index contributed by atoms with van der Waals surface area (Å²) in [4.78, 5) is 11.9. The Balaban J connectivity index is 1.75. The van der Waals surface area contributed by atoms with E-state index in [0.717, 1.165) is 5.57 Å². The number of alkyl halides is 5. The first kappa shape index (κ1) is 21.0. The molecule has 162 valence electrons. The lowest BCUT2D eigenvalue weighted by Crippen LogP contribution is -2.66. The fourth-order valence-corrected chi connectivity index (χ4v) is 7.32. The number of hydrogen-bond acceptors (Lipinski definition) is 2. The number of allylic oxidation sites excluding steroid dienone is 4. The van der Waals surface area contributed by atoms with Gasteiger partial charge in [0.1, 0.15) is 5.60 Å². The van der Waals surface area contributed by atoms with Gasteiger partial charge in [-0.15, -0.1) is 0 Å². The lowest BCUT2D eigenvalue weighted by molar-refractivity contribution is -0.364. The van der Waals surface area contributed by atoms with E-state index in [1.165, 1.54) is 13.0 Å². The highest BCUT2D eigenvalue weighted by molar-refractivity contribution is 6.01. The van der Waals surface area contributed by atoms with Gasteiger partial charge < -0.3 is 5.11 Å². The summed E-state index contributed by atoms with van der Waals surface area (Å²) >= 11 is 0. The first-order chi connectivity index (χ1) is 13.2. The van der Waals surface area contributed by atoms with E-state index in [-0.39, 0.29) is 41.8 Å². The van der Waals surface area contributed by atoms with Crippen molar-refractivity contribution in [3.63, 3.8) is 0 Å². The van der Waals surface area contributed by atoms with Crippen molar-refractivity contribution in [2.45, 2.75) is 70.6 Å². The molecule has 3 fully saturated rings. The van der Waals surface area contributed by atoms with Crippen LogP contribution in [0.1, 0.15) is 52.9 Å². The first-order valence-electron chi connectivity index (χ1n) is 10.3. The van der Waals surface area contributed by atoms with Crippen molar-refractivity contribution in [2.24, 2.45) is 34.5 Å². The van der Waals surface area contributed by atoms with Crippen molar-refractivity contribution in [2.75, 3.05) is 0 Å². The summed E-state index contributed by atoms with van der Waals surface area (Å²) in [5, 5.41) is 10.9. The number of carbonyl (C=O) groups excluding carboxylic acids is 1. The van der Waals surface area contributed by atoms with Crippen molar-refractivity contribution in [1.29, 1.82) is 0 Å². The maximum Gasteiger partial charge on any atom is 0.456 e. The highest BCUT2D eigenvalue weighted by Crippen LogP contribution is 2.71. The second-order valence-electron chi connectivity index (χ2n) is 10.1. The minimum absolute atomic E-state index is 0.0464. The smallest absolute Gasteiger partial charge is 0.383 e. The van der Waals surface area contributed by atoms with Gasteiger partial charge in [0.25, 0.3) is 0 Å². The third-order valence-electron chi connectivity index (χ3n) is 8.93. The molecule has 4 aliphatic rings. The fourth-order valence-electron chi connectivity index (χ4n) is 7.32. The summed E-state index contributed by atoms with van der Waals surface area (Å²) in [5.41, 5.74) is -3.97. The predicted molar refractivity (Wildman–Crippen MR) is 97.1 cm³/mol. The zero-order valence-corrected chi connectivity index (χ0v) is 16.8. The SMILES string of the molecule is CC1CC2=CC(=O)C=C[C@]2(C)[C@H]2CC[C@@]3(C)[C@@H](CCC3(O)C(F)(F)C(F)(F)F)[C@H]12. The van der Waals surface area contributed by atoms with Gasteiger partial charge in [0.2, 0.25) is 0 Å². The summed E-state index contributed by atoms with van der Waals surface area (Å²) in [7, 11) is 0. The van der Waals surface area contributed by atoms with E-state index in [1.54, 1.807) is 6.08 Å². The van der Waals surface area contributed by atoms with Gasteiger partial charge in [0.05, 0.1) is 0 Å². The summed E-state index contributed by atoms with van der Waals surface area (Å²) < 4.78 is 68.7. The van der Waals surface area contributed by atoms with E-state index >= 15 is 0 Å². The van der Waals surface area contributed by atoms with Gasteiger partial charge in [-0.2, -0.15) is 22.0 Å². The van der Waals surface area contributed by atoms with Crippen molar-refractivity contribution in [3.8, 4) is 0 Å². The van der Waals surface area contributed by atoms with Gasteiger partial charge in [-0.1, -0.05) is 32.4 Å². The van der Waals surface area contributed by atoms with Gasteiger partial charge in [-0.3, -0.25) is 4.79 Å². The highest BCUT2D eigenvalue weighted by Gasteiger charge is 2.79. The largest absolute Gasteiger partial charge is 0.456 e. The molecule has 0 aliphatic heterocycles. The number of hydrogen-bond donors (Lipinski definition) is 1. The van der Waals surface area contributed by atoms with Crippen molar-refractivity contribution in [1.82, 2.24) is 0 Å². The molecular formula is C22H27F5O2. The normalized spacial score (nSPS) is 47.3. The van der Waals surface area contributed by atoms with Crippen LogP contribution in [0, 0.1) is 34.5 Å². The van der Waals surface area contributed by atoms with Crippen LogP contribution in [-0.4, -0.2) is 28.6 Å². The third-order valence-corrected chi connectivity index (χ3v) is 8.93. The topological polar surface area (TPSA) is 37.3 Å². The molecule has 0 amide bonds. The number of halogens is 5. The van der Waals surface area contributed by atoms with Crippen LogP contribution in [0.5, 0.6) is 0 Å². The van der Waals surface area contributed by atoms with Crippen LogP contribution in [0.3, 0.4) is 0 Å². The number of ketones is 1. The van der Waals surface area contributed by atoms with Crippen molar-refractivity contribution in [3.05, 3.63) is 23.8 Å². The molecule has 7 atom stereocenters. The molecule has 29 heavy (non-hydrogen) atoms. The van der Waals surface area contributed by atoms with Crippen LogP contribution in [0.15, 0.2) is 23.8 Å². The minimum Gasteiger partial charge on any atom is -0.383 e. The highest BCUT2D eigenvalue weighted by atomic mass is 19.4. The van der Waals surface area contributed by atoms with E-state index < -0.39 is 35.5 Å². The molecule has 0 heterocycles. The molecular weight excluding hydrogens is 391 g/mol. The molecule has 7 heteroatoms. The molecule has 0 aromatic carbocycles. The molecule has 1 N–H and O–H groups in total. The van der Waals surface area contributed by atoms with Gasteiger partial charge in [0, 0.05) is 10.8 Å². The van der Waals surface area contributed by atoms with Crippen LogP contribution in [0.4, 0.5) is 22.0 Å². The predicted octanol–water partition coefficient (Wildman–Crippen LogP) is 5.47. The van der Waals surface area contributed by atoms with Gasteiger partial charge in [-0.25, -0.2) is 0 Å². The molecule has 0 bridgehead atoms. The van der Waals surface area contributed by atoms with Crippen LogP contribution in [-0.2, 0) is 4.79 Å². The van der Waals surface area contributed by atoms with E-state index in [4.69, 9.17) is 0 Å². The lowest BCUT2D eigenvalue weighted by Gasteiger charge is -2.60. The monoisotopic (exact) mass is 418 g/mol. The number of rotatable bonds is 1. The van der Waals surface area contributed by atoms with Crippen LogP contribution in [0.25, 0.3) is 0 Å². The Kier molecular flexibility index (Phi) is 4.29. The second-order valence-corrected chi connectivity index (χ2v) is 10.1. The first-order valence-corrected chi connectivity index (χ1v) is 10.3. The van der Waals surface area contributed by atoms with Crippen LogP contribution < -0.4 is 0 Å². The molecule has 3 saturated carbocycles. The van der Waals surface area contributed by atoms with Crippen LogP contribution in [0.2, 0.25) is 0 Å². The summed E-state index contributed by atoms with van der Waals surface area (Å²) in [5.74, 6) is -5.61. The molecule has 0 radical (unpaired) electrons. The Morgan fingerprint density at radius 3 is 2.31 bits per heavy atom. The van der Waals surface area contributed by atoms with Crippen molar-refractivity contribution >= 4 is 5.78 Å². The molecule has 0 aromatic rings. The van der Waals surface area contributed by atoms with Crippen LogP contribution >= 0.6 is 0 Å². The summed E-state index contributed by atoms with van der Waals surface area (Å²) in [6.45, 7) is 5.46. The van der Waals surface area contributed by atoms with E-state index in [1.807, 2.05) is 19.9 Å². The summed E-state index contributed by atoms with van der Waals surface area (Å²) in [6, 6.07) is 0. The molecule has 0 spiro atoms. The third kappa shape index (κ3) is 2.45. The van der Waals surface area contributed by atoms with Gasteiger partial charge in [-0.05, 0) is 67.9 Å². The molecule has 4 aliphatic carbocycles. The van der Waals surface area contributed by atoms with Crippen molar-refractivity contribution < 1.29 is 31.9 Å². The lowest BCUT2D eigenvalue weighted by atomic mass is 9.45. The van der Waals surface area contributed by atoms with Gasteiger partial charge >= 0.3 is 12.1 Å². The minimum atomic E-state index is -5.79. The molecule has 2 nitrogen and oxygen atoms in total. The zero-order valence-electron chi connectivity index (χ0n) is 16.8. The Hall–Kier alpha value is -1.24. The molecule has 0 aromatic heterocycles. The maximum atomic E-state index is 14.5. The Morgan fingerprint density at radius 1 is 1.07 bits per heavy atom. The molecule has 0 saturated heterocycles. The van der Waals surface area contributed by atoms with Gasteiger partial charge in [0.15, 0.2) is 5.78 Å². The maximum absolute atomic E-state index is 14.5. The van der Waals surface area contributed by atoms with E-state index in [2.05, 4.69) is 0 Å². The number of carbonyl (C=O) groups is 1. The summed E-state index contributed by atoms with van der Waals surface area (Å²) in [6.07, 6.45) is 0.0750. The quantitative estimate of drug-likeness (QED) is 0.574. The Morgan fingerprint density at radius 2 is 1.69 bits per heavy atom. The zero-order chi connectivity index (χ0) is 21.6. The average Bonchev–Trinajstić information content (AvgIpc) is 2.88. The fraction of sp³-hybridized carbons (Fsp3) is 0.773. The second kappa shape index (κ2) is 5.92. The average molecular weight is 418 g/mol. The molecule has 4 rings (SSSR count). The van der Waals surface area contributed by atoms with E-state index in [9.17, 15) is 31.9 Å². The molecule has 2 unspecified atom stereocenters. The Labute approximate surface area is 167 Å².